The summed E-state index contributed by atoms with van der Waals surface area (Å²) in [6, 6.07) is 9.68. The second-order valence-corrected chi connectivity index (χ2v) is 6.25. The Bertz CT molecular complexity index is 638. The van der Waals surface area contributed by atoms with Gasteiger partial charge in [-0.15, -0.1) is 17.5 Å². The van der Waals surface area contributed by atoms with Crippen molar-refractivity contribution in [1.82, 2.24) is 30.0 Å². The maximum absolute atomic E-state index is 4.23. The van der Waals surface area contributed by atoms with Crippen LogP contribution in [-0.4, -0.2) is 62.2 Å². The first kappa shape index (κ1) is 15.4. The first-order chi connectivity index (χ1) is 10.2. The van der Waals surface area contributed by atoms with Crippen LogP contribution in [0.25, 0.3) is 5.69 Å². The average Bonchev–Trinajstić information content (AvgIpc) is 3.16. The van der Waals surface area contributed by atoms with Gasteiger partial charge in [0.15, 0.2) is 5.82 Å². The summed E-state index contributed by atoms with van der Waals surface area (Å²) in [6.07, 6.45) is 1.28. The summed E-state index contributed by atoms with van der Waals surface area (Å²) in [4.78, 5) is 4.98. The Morgan fingerprint density at radius 1 is 1.14 bits per heavy atom. The summed E-state index contributed by atoms with van der Waals surface area (Å²) >= 11 is 0. The molecule has 1 aromatic carbocycles. The minimum atomic E-state index is 0. The summed E-state index contributed by atoms with van der Waals surface area (Å²) in [5, 5.41) is 12.2. The number of likely N-dealkylation sites (tertiary alicyclic amines) is 2. The number of aryl methyl sites for hydroxylation is 1. The van der Waals surface area contributed by atoms with Gasteiger partial charge in [0.25, 0.3) is 0 Å². The van der Waals surface area contributed by atoms with Crippen molar-refractivity contribution >= 4 is 12.4 Å². The van der Waals surface area contributed by atoms with Crippen LogP contribution in [0.4, 0.5) is 0 Å². The fourth-order valence-corrected chi connectivity index (χ4v) is 3.51. The molecule has 0 spiro atoms. The van der Waals surface area contributed by atoms with E-state index in [1.807, 2.05) is 4.68 Å². The molecule has 2 saturated heterocycles. The number of tetrazole rings is 1. The van der Waals surface area contributed by atoms with Gasteiger partial charge in [0.1, 0.15) is 0 Å². The van der Waals surface area contributed by atoms with Gasteiger partial charge in [-0.2, -0.15) is 4.68 Å². The van der Waals surface area contributed by atoms with Crippen molar-refractivity contribution in [2.75, 3.05) is 20.1 Å². The highest BCUT2D eigenvalue weighted by Crippen LogP contribution is 2.30. The molecular formula is C15H21ClN6. The van der Waals surface area contributed by atoms with Crippen LogP contribution in [0.1, 0.15) is 17.8 Å². The van der Waals surface area contributed by atoms with Gasteiger partial charge < -0.3 is 4.90 Å². The minimum Gasteiger partial charge on any atom is -0.301 e. The largest absolute Gasteiger partial charge is 0.301 e. The van der Waals surface area contributed by atoms with Crippen LogP contribution in [0, 0.1) is 6.92 Å². The molecule has 2 bridgehead atoms. The van der Waals surface area contributed by atoms with E-state index in [2.05, 4.69) is 63.6 Å². The van der Waals surface area contributed by atoms with Gasteiger partial charge in [0, 0.05) is 25.2 Å². The van der Waals surface area contributed by atoms with Gasteiger partial charge in [-0.05, 0) is 43.0 Å². The van der Waals surface area contributed by atoms with Crippen molar-refractivity contribution in [2.45, 2.75) is 32.0 Å². The van der Waals surface area contributed by atoms with Gasteiger partial charge in [0.05, 0.1) is 12.2 Å². The van der Waals surface area contributed by atoms with Gasteiger partial charge in [-0.3, -0.25) is 4.90 Å². The fourth-order valence-electron chi connectivity index (χ4n) is 3.51. The molecular weight excluding hydrogens is 300 g/mol. The third-order valence-corrected chi connectivity index (χ3v) is 4.79. The lowest BCUT2D eigenvalue weighted by molar-refractivity contribution is 0.140. The number of fused-ring (bicyclic) bond motifs is 2. The minimum absolute atomic E-state index is 0. The van der Waals surface area contributed by atoms with Crippen LogP contribution in [0.3, 0.4) is 0 Å². The van der Waals surface area contributed by atoms with Crippen LogP contribution in [-0.2, 0) is 6.54 Å². The Hall–Kier alpha value is -1.50. The predicted molar refractivity (Wildman–Crippen MR) is 86.4 cm³/mol. The lowest BCUT2D eigenvalue weighted by Crippen LogP contribution is -2.44. The number of rotatable bonds is 3. The zero-order valence-electron chi connectivity index (χ0n) is 12.9. The van der Waals surface area contributed by atoms with Crippen molar-refractivity contribution in [3.8, 4) is 5.69 Å². The summed E-state index contributed by atoms with van der Waals surface area (Å²) in [5.41, 5.74) is 2.27. The molecule has 0 radical (unpaired) electrons. The Balaban J connectivity index is 0.00000144. The number of nitrogens with zero attached hydrogens (tertiary/aromatic N) is 6. The van der Waals surface area contributed by atoms with E-state index in [9.17, 15) is 0 Å². The van der Waals surface area contributed by atoms with Crippen LogP contribution < -0.4 is 0 Å². The second-order valence-electron chi connectivity index (χ2n) is 6.25. The highest BCUT2D eigenvalue weighted by atomic mass is 35.5. The number of hydrogen-bond donors (Lipinski definition) is 0. The standard InChI is InChI=1S/C15H20N6.ClH/c1-11-3-5-12(6-4-11)21-15(16-17-18-21)10-20-9-13-7-14(20)8-19(13)2;/h3-6,13-14H,7-10H2,1-2H3;1H/t13-,14-;/m0./s1. The van der Waals surface area contributed by atoms with E-state index in [-0.39, 0.29) is 12.4 Å². The van der Waals surface area contributed by atoms with Crippen LogP contribution >= 0.6 is 12.4 Å². The molecule has 2 aliphatic heterocycles. The van der Waals surface area contributed by atoms with Crippen molar-refractivity contribution in [1.29, 1.82) is 0 Å². The Morgan fingerprint density at radius 2 is 1.91 bits per heavy atom. The van der Waals surface area contributed by atoms with Gasteiger partial charge in [-0.1, -0.05) is 17.7 Å². The van der Waals surface area contributed by atoms with Crippen LogP contribution in [0.2, 0.25) is 0 Å². The quantitative estimate of drug-likeness (QED) is 0.852. The zero-order chi connectivity index (χ0) is 14.4. The third kappa shape index (κ3) is 2.62. The van der Waals surface area contributed by atoms with Crippen LogP contribution in [0.5, 0.6) is 0 Å². The van der Waals surface area contributed by atoms with E-state index in [0.29, 0.717) is 12.1 Å². The van der Waals surface area contributed by atoms with Gasteiger partial charge >= 0.3 is 0 Å². The first-order valence-corrected chi connectivity index (χ1v) is 7.49. The molecule has 22 heavy (non-hydrogen) atoms. The molecule has 2 aliphatic rings. The van der Waals surface area contributed by atoms with Crippen molar-refractivity contribution < 1.29 is 0 Å². The molecule has 0 N–H and O–H groups in total. The molecule has 118 valence electrons. The first-order valence-electron chi connectivity index (χ1n) is 7.49. The van der Waals surface area contributed by atoms with Gasteiger partial charge in [0.2, 0.25) is 0 Å². The van der Waals surface area contributed by atoms with Crippen LogP contribution in [0.15, 0.2) is 24.3 Å². The lowest BCUT2D eigenvalue weighted by Gasteiger charge is -2.31. The smallest absolute Gasteiger partial charge is 0.170 e. The molecule has 2 atom stereocenters. The average molecular weight is 321 g/mol. The molecule has 0 amide bonds. The molecule has 7 heteroatoms. The highest BCUT2D eigenvalue weighted by Gasteiger charge is 2.41. The second kappa shape index (κ2) is 5.95. The topological polar surface area (TPSA) is 50.1 Å². The number of benzene rings is 1. The Kier molecular flexibility index (Phi) is 4.16. The molecule has 3 heterocycles. The molecule has 2 aromatic rings. The fraction of sp³-hybridized carbons (Fsp3) is 0.533. The normalized spacial score (nSPS) is 24.6. The Morgan fingerprint density at radius 3 is 2.55 bits per heavy atom. The summed E-state index contributed by atoms with van der Waals surface area (Å²) in [7, 11) is 2.22. The summed E-state index contributed by atoms with van der Waals surface area (Å²) in [6.45, 7) is 5.20. The van der Waals surface area contributed by atoms with Crippen molar-refractivity contribution in [2.24, 2.45) is 0 Å². The molecule has 2 fully saturated rings. The summed E-state index contributed by atoms with van der Waals surface area (Å²) in [5.74, 6) is 0.925. The number of likely N-dealkylation sites (N-methyl/N-ethyl adjacent to an activating group) is 1. The van der Waals surface area contributed by atoms with Gasteiger partial charge in [-0.25, -0.2) is 0 Å². The van der Waals surface area contributed by atoms with E-state index in [0.717, 1.165) is 31.1 Å². The lowest BCUT2D eigenvalue weighted by atomic mass is 10.2. The SMILES string of the molecule is Cc1ccc(-n2nnnc2CN2C[C@@H]3C[C@H]2CN3C)cc1.Cl. The highest BCUT2D eigenvalue weighted by molar-refractivity contribution is 5.85. The Labute approximate surface area is 136 Å². The molecule has 4 rings (SSSR count). The number of aromatic nitrogens is 4. The number of hydrogen-bond acceptors (Lipinski definition) is 5. The molecule has 0 unspecified atom stereocenters. The third-order valence-electron chi connectivity index (χ3n) is 4.79. The van der Waals surface area contributed by atoms with E-state index < -0.39 is 0 Å². The van der Waals surface area contributed by atoms with E-state index in [1.54, 1.807) is 0 Å². The molecule has 0 saturated carbocycles. The van der Waals surface area contributed by atoms with E-state index >= 15 is 0 Å². The molecule has 0 aliphatic carbocycles. The monoisotopic (exact) mass is 320 g/mol. The van der Waals surface area contributed by atoms with Crippen molar-refractivity contribution in [3.05, 3.63) is 35.7 Å². The molecule has 1 aromatic heterocycles. The predicted octanol–water partition coefficient (Wildman–Crippen LogP) is 1.28. The number of halogens is 1. The van der Waals surface area contributed by atoms with E-state index in [1.165, 1.54) is 12.0 Å². The van der Waals surface area contributed by atoms with E-state index in [4.69, 9.17) is 0 Å². The number of piperazine rings is 1. The maximum Gasteiger partial charge on any atom is 0.170 e. The molecule has 6 nitrogen and oxygen atoms in total. The summed E-state index contributed by atoms with van der Waals surface area (Å²) < 4.78 is 1.86. The zero-order valence-corrected chi connectivity index (χ0v) is 13.7. The van der Waals surface area contributed by atoms with Crippen molar-refractivity contribution in [3.63, 3.8) is 0 Å². The maximum atomic E-state index is 4.23.